The third-order valence-electron chi connectivity index (χ3n) is 11.6. The molecule has 0 atom stereocenters. The Hall–Kier alpha value is -7.89. The lowest BCUT2D eigenvalue weighted by Crippen LogP contribution is -2.02. The van der Waals surface area contributed by atoms with Crippen LogP contribution in [0.15, 0.2) is 200 Å². The van der Waals surface area contributed by atoms with Crippen LogP contribution >= 0.6 is 0 Å². The van der Waals surface area contributed by atoms with E-state index in [1.54, 1.807) is 0 Å². The van der Waals surface area contributed by atoms with Crippen molar-refractivity contribution in [2.75, 3.05) is 0 Å². The Balaban J connectivity index is 1.15. The molecule has 3 aromatic heterocycles. The molecule has 9 aromatic carbocycles. The van der Waals surface area contributed by atoms with E-state index in [1.165, 1.54) is 43.4 Å². The van der Waals surface area contributed by atoms with E-state index in [4.69, 9.17) is 15.0 Å². The SMILES string of the molecule is c1ccc(-c2nc(-c3ccccc3)nc(-c3ccc(-n4c5ccccc5c5c6ccccc6c(-n6c7ccccc7c7ccccc76)cc54)c4ccccc34)n2)cc1. The van der Waals surface area contributed by atoms with Crippen molar-refractivity contribution >= 4 is 65.2 Å². The van der Waals surface area contributed by atoms with Crippen LogP contribution in [0.25, 0.3) is 111 Å². The fourth-order valence-electron chi connectivity index (χ4n) is 9.04. The molecule has 0 radical (unpaired) electrons. The van der Waals surface area contributed by atoms with Crippen LogP contribution in [0, 0.1) is 0 Å². The van der Waals surface area contributed by atoms with Gasteiger partial charge in [-0.25, -0.2) is 15.0 Å². The Bertz CT molecular complexity index is 3450. The lowest BCUT2D eigenvalue weighted by Gasteiger charge is -2.17. The molecule has 58 heavy (non-hydrogen) atoms. The molecule has 0 aliphatic heterocycles. The highest BCUT2D eigenvalue weighted by atomic mass is 15.0. The molecule has 3 heterocycles. The van der Waals surface area contributed by atoms with Crippen molar-refractivity contribution in [1.82, 2.24) is 24.1 Å². The number of para-hydroxylation sites is 3. The lowest BCUT2D eigenvalue weighted by atomic mass is 10.0. The summed E-state index contributed by atoms with van der Waals surface area (Å²) in [7, 11) is 0. The molecule has 5 nitrogen and oxygen atoms in total. The molecule has 5 heteroatoms. The molecule has 270 valence electrons. The highest BCUT2D eigenvalue weighted by Gasteiger charge is 2.22. The topological polar surface area (TPSA) is 48.5 Å². The van der Waals surface area contributed by atoms with Crippen molar-refractivity contribution in [1.29, 1.82) is 0 Å². The largest absolute Gasteiger partial charge is 0.309 e. The van der Waals surface area contributed by atoms with Gasteiger partial charge in [-0.2, -0.15) is 0 Å². The third kappa shape index (κ3) is 4.87. The van der Waals surface area contributed by atoms with E-state index in [2.05, 4.69) is 173 Å². The predicted octanol–water partition coefficient (Wildman–Crippen LogP) is 13.4. The zero-order valence-electron chi connectivity index (χ0n) is 31.3. The minimum absolute atomic E-state index is 0.636. The van der Waals surface area contributed by atoms with Crippen LogP contribution in [-0.4, -0.2) is 24.1 Å². The second-order valence-corrected chi connectivity index (χ2v) is 14.8. The van der Waals surface area contributed by atoms with E-state index in [-0.39, 0.29) is 0 Å². The average Bonchev–Trinajstić information content (AvgIpc) is 3.81. The molecule has 0 saturated carbocycles. The Morgan fingerprint density at radius 2 is 0.690 bits per heavy atom. The number of hydrogen-bond donors (Lipinski definition) is 0. The maximum Gasteiger partial charge on any atom is 0.164 e. The van der Waals surface area contributed by atoms with Crippen LogP contribution in [0.5, 0.6) is 0 Å². The molecule has 0 spiro atoms. The smallest absolute Gasteiger partial charge is 0.164 e. The number of rotatable bonds is 5. The normalized spacial score (nSPS) is 11.8. The van der Waals surface area contributed by atoms with Crippen molar-refractivity contribution in [3.8, 4) is 45.5 Å². The first kappa shape index (κ1) is 32.4. The first-order chi connectivity index (χ1) is 28.8. The molecular formula is C53H33N5. The fourth-order valence-corrected chi connectivity index (χ4v) is 9.04. The van der Waals surface area contributed by atoms with Crippen LogP contribution in [0.3, 0.4) is 0 Å². The summed E-state index contributed by atoms with van der Waals surface area (Å²) in [5.74, 6) is 1.92. The Morgan fingerprint density at radius 1 is 0.276 bits per heavy atom. The van der Waals surface area contributed by atoms with Gasteiger partial charge in [-0.3, -0.25) is 0 Å². The maximum absolute atomic E-state index is 5.13. The lowest BCUT2D eigenvalue weighted by molar-refractivity contribution is 1.08. The van der Waals surface area contributed by atoms with Gasteiger partial charge < -0.3 is 9.13 Å². The quantitative estimate of drug-likeness (QED) is 0.177. The summed E-state index contributed by atoms with van der Waals surface area (Å²) in [5, 5.41) is 9.55. The molecule has 0 unspecified atom stereocenters. The summed E-state index contributed by atoms with van der Waals surface area (Å²) in [6.07, 6.45) is 0. The Kier molecular flexibility index (Phi) is 7.16. The van der Waals surface area contributed by atoms with Gasteiger partial charge in [-0.1, -0.05) is 164 Å². The van der Waals surface area contributed by atoms with Gasteiger partial charge in [0, 0.05) is 49.0 Å². The van der Waals surface area contributed by atoms with Crippen molar-refractivity contribution in [3.05, 3.63) is 200 Å². The van der Waals surface area contributed by atoms with Gasteiger partial charge in [0.25, 0.3) is 0 Å². The molecule has 12 rings (SSSR count). The highest BCUT2D eigenvalue weighted by molar-refractivity contribution is 6.24. The molecule has 0 aliphatic carbocycles. The molecule has 0 saturated heterocycles. The summed E-state index contributed by atoms with van der Waals surface area (Å²) in [5.41, 5.74) is 9.76. The van der Waals surface area contributed by atoms with Crippen molar-refractivity contribution < 1.29 is 0 Å². The summed E-state index contributed by atoms with van der Waals surface area (Å²) >= 11 is 0. The standard InChI is InChI=1S/C53H33N5/c1-3-17-34(18-4-1)51-54-52(35-19-5-2-6-20-35)56-53(55-51)42-31-32-47(37-22-8-7-21-36(37)42)58-46-30-16-13-27-43(46)50-41-26-10-9-25-40(41)48(33-49(50)58)57-44-28-14-11-23-38(44)39-24-12-15-29-45(39)57/h1-33H. The number of fused-ring (bicyclic) bond motifs is 9. The molecule has 0 fully saturated rings. The van der Waals surface area contributed by atoms with E-state index in [9.17, 15) is 0 Å². The van der Waals surface area contributed by atoms with Gasteiger partial charge in [0.2, 0.25) is 0 Å². The second kappa shape index (κ2) is 12.8. The molecular weight excluding hydrogens is 707 g/mol. The van der Waals surface area contributed by atoms with Crippen molar-refractivity contribution in [2.45, 2.75) is 0 Å². The molecule has 0 N–H and O–H groups in total. The van der Waals surface area contributed by atoms with E-state index in [0.717, 1.165) is 49.9 Å². The van der Waals surface area contributed by atoms with Gasteiger partial charge in [0.15, 0.2) is 17.5 Å². The summed E-state index contributed by atoms with van der Waals surface area (Å²) < 4.78 is 4.91. The van der Waals surface area contributed by atoms with Gasteiger partial charge in [0.1, 0.15) is 0 Å². The van der Waals surface area contributed by atoms with Gasteiger partial charge in [-0.05, 0) is 47.2 Å². The van der Waals surface area contributed by atoms with E-state index in [0.29, 0.717) is 17.5 Å². The van der Waals surface area contributed by atoms with Gasteiger partial charge >= 0.3 is 0 Å². The Morgan fingerprint density at radius 3 is 1.28 bits per heavy atom. The number of hydrogen-bond acceptors (Lipinski definition) is 3. The van der Waals surface area contributed by atoms with Crippen LogP contribution in [0.4, 0.5) is 0 Å². The third-order valence-corrected chi connectivity index (χ3v) is 11.6. The molecule has 0 amide bonds. The van der Waals surface area contributed by atoms with Crippen LogP contribution < -0.4 is 0 Å². The van der Waals surface area contributed by atoms with E-state index >= 15 is 0 Å². The summed E-state index contributed by atoms with van der Waals surface area (Å²) in [6.45, 7) is 0. The molecule has 12 aromatic rings. The average molecular weight is 740 g/mol. The van der Waals surface area contributed by atoms with Crippen LogP contribution in [-0.2, 0) is 0 Å². The van der Waals surface area contributed by atoms with E-state index < -0.39 is 0 Å². The monoisotopic (exact) mass is 739 g/mol. The number of aromatic nitrogens is 5. The van der Waals surface area contributed by atoms with Crippen LogP contribution in [0.1, 0.15) is 0 Å². The first-order valence-corrected chi connectivity index (χ1v) is 19.6. The predicted molar refractivity (Wildman–Crippen MR) is 240 cm³/mol. The van der Waals surface area contributed by atoms with E-state index in [1.807, 2.05) is 36.4 Å². The summed E-state index contributed by atoms with van der Waals surface area (Å²) in [4.78, 5) is 15.2. The maximum atomic E-state index is 5.13. The highest BCUT2D eigenvalue weighted by Crippen LogP contribution is 2.43. The zero-order valence-corrected chi connectivity index (χ0v) is 31.3. The minimum atomic E-state index is 0.636. The zero-order chi connectivity index (χ0) is 38.2. The minimum Gasteiger partial charge on any atom is -0.309 e. The Labute approximate surface area is 333 Å². The van der Waals surface area contributed by atoms with Crippen LogP contribution in [0.2, 0.25) is 0 Å². The van der Waals surface area contributed by atoms with Crippen molar-refractivity contribution in [2.24, 2.45) is 0 Å². The van der Waals surface area contributed by atoms with Gasteiger partial charge in [-0.15, -0.1) is 0 Å². The first-order valence-electron chi connectivity index (χ1n) is 19.6. The van der Waals surface area contributed by atoms with Gasteiger partial charge in [0.05, 0.1) is 33.4 Å². The second-order valence-electron chi connectivity index (χ2n) is 14.8. The van der Waals surface area contributed by atoms with Crippen molar-refractivity contribution in [3.63, 3.8) is 0 Å². The molecule has 0 bridgehead atoms. The number of nitrogens with zero attached hydrogens (tertiary/aromatic N) is 5. The number of benzene rings is 9. The fraction of sp³-hybridized carbons (Fsp3) is 0. The molecule has 0 aliphatic rings. The summed E-state index contributed by atoms with van der Waals surface area (Å²) in [6, 6.07) is 71.0.